The lowest BCUT2D eigenvalue weighted by atomic mass is 10.1. The van der Waals surface area contributed by atoms with Crippen LogP contribution >= 0.6 is 0 Å². The maximum Gasteiger partial charge on any atom is 0.326 e. The summed E-state index contributed by atoms with van der Waals surface area (Å²) in [5.41, 5.74) is 0.345. The van der Waals surface area contributed by atoms with Gasteiger partial charge in [-0.15, -0.1) is 0 Å². The molecule has 0 aromatic heterocycles. The van der Waals surface area contributed by atoms with Crippen LogP contribution in [0.1, 0.15) is 22.3 Å². The normalized spacial score (nSPS) is 12.1. The quantitative estimate of drug-likeness (QED) is 0.854. The summed E-state index contributed by atoms with van der Waals surface area (Å²) in [7, 11) is 0. The summed E-state index contributed by atoms with van der Waals surface area (Å²) >= 11 is 0. The molecule has 0 radical (unpaired) electrons. The first-order valence-corrected chi connectivity index (χ1v) is 7.18. The molecule has 0 heterocycles. The zero-order valence-corrected chi connectivity index (χ0v) is 12.6. The zero-order chi connectivity index (χ0) is 17.5. The highest BCUT2D eigenvalue weighted by molar-refractivity contribution is 5.96. The predicted octanol–water partition coefficient (Wildman–Crippen LogP) is 3.25. The van der Waals surface area contributed by atoms with Crippen LogP contribution in [0, 0.1) is 11.6 Å². The van der Waals surface area contributed by atoms with E-state index in [4.69, 9.17) is 0 Å². The van der Waals surface area contributed by atoms with Crippen molar-refractivity contribution in [3.8, 4) is 0 Å². The number of carboxylic acids is 1. The lowest BCUT2D eigenvalue weighted by molar-refractivity contribution is -0.139. The molecular formula is C18H15F2NO3. The summed E-state index contributed by atoms with van der Waals surface area (Å²) in [4.78, 5) is 23.2. The lowest BCUT2D eigenvalue weighted by Crippen LogP contribution is -2.40. The lowest BCUT2D eigenvalue weighted by Gasteiger charge is -2.13. The van der Waals surface area contributed by atoms with Gasteiger partial charge in [0.05, 0.1) is 5.56 Å². The average molecular weight is 331 g/mol. The van der Waals surface area contributed by atoms with E-state index in [9.17, 15) is 23.5 Å². The molecule has 2 aromatic rings. The summed E-state index contributed by atoms with van der Waals surface area (Å²) in [6.45, 7) is 0. The Hall–Kier alpha value is -3.02. The maximum absolute atomic E-state index is 13.6. The standard InChI is InChI=1S/C18H15F2NO3/c19-14-10-5-9-13(16(14)20)17(22)21-15(18(23)24)11-4-8-12-6-2-1-3-7-12/h1-10,15H,11H2,(H,21,22)(H,23,24)/b8-4+/t15-/m0/s1. The number of aliphatic carboxylic acids is 1. The van der Waals surface area contributed by atoms with Crippen molar-refractivity contribution in [2.45, 2.75) is 12.5 Å². The average Bonchev–Trinajstić information content (AvgIpc) is 2.57. The molecule has 2 N–H and O–H groups in total. The molecule has 0 aliphatic carbocycles. The van der Waals surface area contributed by atoms with Gasteiger partial charge in [-0.3, -0.25) is 4.79 Å². The molecule has 124 valence electrons. The van der Waals surface area contributed by atoms with Crippen molar-refractivity contribution < 1.29 is 23.5 Å². The minimum atomic E-state index is -1.31. The van der Waals surface area contributed by atoms with E-state index in [-0.39, 0.29) is 6.42 Å². The largest absolute Gasteiger partial charge is 0.480 e. The van der Waals surface area contributed by atoms with E-state index in [1.807, 2.05) is 30.3 Å². The van der Waals surface area contributed by atoms with E-state index in [1.165, 1.54) is 6.07 Å². The molecule has 4 nitrogen and oxygen atoms in total. The van der Waals surface area contributed by atoms with Gasteiger partial charge in [-0.1, -0.05) is 48.6 Å². The number of carboxylic acid groups (broad SMARTS) is 1. The zero-order valence-electron chi connectivity index (χ0n) is 12.6. The van der Waals surface area contributed by atoms with Gasteiger partial charge in [0, 0.05) is 0 Å². The fraction of sp³-hybridized carbons (Fsp3) is 0.111. The summed E-state index contributed by atoms with van der Waals surface area (Å²) in [6, 6.07) is 11.1. The molecule has 1 amide bonds. The van der Waals surface area contributed by atoms with Crippen molar-refractivity contribution in [3.63, 3.8) is 0 Å². The molecule has 0 aliphatic rings. The molecule has 6 heteroatoms. The van der Waals surface area contributed by atoms with E-state index >= 15 is 0 Å². The molecule has 0 unspecified atom stereocenters. The van der Waals surface area contributed by atoms with Crippen molar-refractivity contribution in [3.05, 3.63) is 77.4 Å². The number of nitrogens with one attached hydrogen (secondary N) is 1. The molecule has 2 rings (SSSR count). The van der Waals surface area contributed by atoms with Crippen LogP contribution in [0.3, 0.4) is 0 Å². The number of carbonyl (C=O) groups is 2. The van der Waals surface area contributed by atoms with Crippen molar-refractivity contribution >= 4 is 18.0 Å². The summed E-state index contributed by atoms with van der Waals surface area (Å²) in [5, 5.41) is 11.4. The molecule has 0 saturated heterocycles. The van der Waals surface area contributed by atoms with Gasteiger partial charge in [-0.25, -0.2) is 13.6 Å². The number of amides is 1. The SMILES string of the molecule is O=C(N[C@@H](C/C=C/c1ccccc1)C(=O)O)c1cccc(F)c1F. The summed E-state index contributed by atoms with van der Waals surface area (Å²) in [6.07, 6.45) is 3.31. The van der Waals surface area contributed by atoms with E-state index in [1.54, 1.807) is 12.2 Å². The number of hydrogen-bond donors (Lipinski definition) is 2. The third-order valence-electron chi connectivity index (χ3n) is 3.28. The van der Waals surface area contributed by atoms with Crippen LogP contribution in [0.2, 0.25) is 0 Å². The molecule has 1 atom stereocenters. The molecular weight excluding hydrogens is 316 g/mol. The maximum atomic E-state index is 13.6. The molecule has 2 aromatic carbocycles. The first-order chi connectivity index (χ1) is 11.5. The molecule has 24 heavy (non-hydrogen) atoms. The fourth-order valence-electron chi connectivity index (χ4n) is 2.04. The number of rotatable bonds is 6. The van der Waals surface area contributed by atoms with Crippen LogP contribution in [0.25, 0.3) is 6.08 Å². The number of halogens is 2. The van der Waals surface area contributed by atoms with Crippen LogP contribution in [-0.2, 0) is 4.79 Å². The summed E-state index contributed by atoms with van der Waals surface area (Å²) < 4.78 is 26.7. The first-order valence-electron chi connectivity index (χ1n) is 7.18. The second kappa shape index (κ2) is 8.01. The van der Waals surface area contributed by atoms with Crippen molar-refractivity contribution in [1.82, 2.24) is 5.32 Å². The van der Waals surface area contributed by atoms with Gasteiger partial charge >= 0.3 is 5.97 Å². The van der Waals surface area contributed by atoms with Gasteiger partial charge < -0.3 is 10.4 Å². The molecule has 0 spiro atoms. The Morgan fingerprint density at radius 3 is 2.46 bits per heavy atom. The second-order valence-corrected chi connectivity index (χ2v) is 5.01. The van der Waals surface area contributed by atoms with Crippen LogP contribution in [0.4, 0.5) is 8.78 Å². The Morgan fingerprint density at radius 2 is 1.79 bits per heavy atom. The third kappa shape index (κ3) is 4.49. The molecule has 0 saturated carbocycles. The second-order valence-electron chi connectivity index (χ2n) is 5.01. The van der Waals surface area contributed by atoms with Crippen LogP contribution < -0.4 is 5.32 Å². The van der Waals surface area contributed by atoms with E-state index in [2.05, 4.69) is 5.32 Å². The Morgan fingerprint density at radius 1 is 1.08 bits per heavy atom. The minimum Gasteiger partial charge on any atom is -0.480 e. The third-order valence-corrected chi connectivity index (χ3v) is 3.28. The van der Waals surface area contributed by atoms with E-state index in [0.29, 0.717) is 0 Å². The highest BCUT2D eigenvalue weighted by atomic mass is 19.2. The van der Waals surface area contributed by atoms with Crippen molar-refractivity contribution in [1.29, 1.82) is 0 Å². The number of benzene rings is 2. The van der Waals surface area contributed by atoms with Gasteiger partial charge in [-0.05, 0) is 24.1 Å². The van der Waals surface area contributed by atoms with Crippen LogP contribution in [-0.4, -0.2) is 23.0 Å². The Kier molecular flexibility index (Phi) is 5.78. The monoisotopic (exact) mass is 331 g/mol. The van der Waals surface area contributed by atoms with Gasteiger partial charge in [-0.2, -0.15) is 0 Å². The summed E-state index contributed by atoms with van der Waals surface area (Å²) in [5.74, 6) is -4.72. The van der Waals surface area contributed by atoms with Crippen molar-refractivity contribution in [2.24, 2.45) is 0 Å². The number of carbonyl (C=O) groups excluding carboxylic acids is 1. The highest BCUT2D eigenvalue weighted by Gasteiger charge is 2.22. The minimum absolute atomic E-state index is 0.00685. The Balaban J connectivity index is 2.06. The van der Waals surface area contributed by atoms with Crippen LogP contribution in [0.5, 0.6) is 0 Å². The molecule has 0 aliphatic heterocycles. The van der Waals surface area contributed by atoms with Gasteiger partial charge in [0.1, 0.15) is 6.04 Å². The van der Waals surface area contributed by atoms with Gasteiger partial charge in [0.25, 0.3) is 5.91 Å². The van der Waals surface area contributed by atoms with Gasteiger partial charge in [0.2, 0.25) is 0 Å². The molecule has 0 fully saturated rings. The van der Waals surface area contributed by atoms with Gasteiger partial charge in [0.15, 0.2) is 11.6 Å². The Labute approximate surface area is 137 Å². The molecule has 0 bridgehead atoms. The Bertz CT molecular complexity index is 760. The van der Waals surface area contributed by atoms with Crippen LogP contribution in [0.15, 0.2) is 54.6 Å². The van der Waals surface area contributed by atoms with E-state index < -0.39 is 35.1 Å². The van der Waals surface area contributed by atoms with Crippen molar-refractivity contribution in [2.75, 3.05) is 0 Å². The topological polar surface area (TPSA) is 66.4 Å². The first kappa shape index (κ1) is 17.3. The predicted molar refractivity (Wildman–Crippen MR) is 85.3 cm³/mol. The fourth-order valence-corrected chi connectivity index (χ4v) is 2.04. The number of hydrogen-bond acceptors (Lipinski definition) is 2. The smallest absolute Gasteiger partial charge is 0.326 e. The highest BCUT2D eigenvalue weighted by Crippen LogP contribution is 2.12. The van der Waals surface area contributed by atoms with E-state index in [0.717, 1.165) is 17.7 Å².